The number of anilines is 2. The lowest BCUT2D eigenvalue weighted by atomic mass is 10.0. The minimum absolute atomic E-state index is 0.0130. The number of aliphatic hydroxyl groups excluding tert-OH is 1. The number of hydrogen-bond donors (Lipinski definition) is 4. The van der Waals surface area contributed by atoms with Crippen LogP contribution < -0.4 is 25.4 Å². The first-order valence-corrected chi connectivity index (χ1v) is 13.4. The smallest absolute Gasteiger partial charge is 0.323 e. The van der Waals surface area contributed by atoms with E-state index in [9.17, 15) is 19.5 Å². The SMILES string of the molecule is COc1ccc(NC(=O)Nc2ccc3c(c2)CC(=O)N([C@@H](C)CO)C[C@@H](C)[C@H](CN(C)C(=O)NC(C)C)O3)cc1. The number of carbonyl (C=O) groups excluding carboxylic acids is 3. The zero-order valence-corrected chi connectivity index (χ0v) is 24.1. The lowest BCUT2D eigenvalue weighted by molar-refractivity contribution is -0.134. The van der Waals surface area contributed by atoms with Crippen molar-refractivity contribution in [2.75, 3.05) is 44.5 Å². The second-order valence-corrected chi connectivity index (χ2v) is 10.5. The monoisotopic (exact) mass is 555 g/mol. The van der Waals surface area contributed by atoms with E-state index in [0.29, 0.717) is 41.5 Å². The number of nitrogens with zero attached hydrogens (tertiary/aromatic N) is 2. The second kappa shape index (κ2) is 13.9. The second-order valence-electron chi connectivity index (χ2n) is 10.5. The molecule has 0 radical (unpaired) electrons. The third-order valence-electron chi connectivity index (χ3n) is 6.73. The molecule has 2 aromatic rings. The highest BCUT2D eigenvalue weighted by molar-refractivity contribution is 6.00. The normalized spacial score (nSPS) is 17.9. The van der Waals surface area contributed by atoms with E-state index in [1.54, 1.807) is 73.3 Å². The Balaban J connectivity index is 1.85. The largest absolute Gasteiger partial charge is 0.497 e. The zero-order chi connectivity index (χ0) is 29.4. The maximum Gasteiger partial charge on any atom is 0.323 e. The van der Waals surface area contributed by atoms with Crippen LogP contribution in [-0.2, 0) is 11.2 Å². The van der Waals surface area contributed by atoms with Gasteiger partial charge in [-0.05, 0) is 63.2 Å². The predicted octanol–water partition coefficient (Wildman–Crippen LogP) is 3.54. The molecule has 0 fully saturated rings. The van der Waals surface area contributed by atoms with Crippen molar-refractivity contribution in [2.24, 2.45) is 5.92 Å². The maximum atomic E-state index is 13.4. The highest BCUT2D eigenvalue weighted by Gasteiger charge is 2.32. The fourth-order valence-electron chi connectivity index (χ4n) is 4.40. The van der Waals surface area contributed by atoms with Crippen LogP contribution in [0.2, 0.25) is 0 Å². The summed E-state index contributed by atoms with van der Waals surface area (Å²) in [6.45, 7) is 8.01. The van der Waals surface area contributed by atoms with Crippen LogP contribution in [0.4, 0.5) is 21.0 Å². The highest BCUT2D eigenvalue weighted by Crippen LogP contribution is 2.29. The third kappa shape index (κ3) is 8.25. The van der Waals surface area contributed by atoms with Gasteiger partial charge in [0.15, 0.2) is 0 Å². The Morgan fingerprint density at radius 3 is 2.40 bits per heavy atom. The number of methoxy groups -OCH3 is 1. The molecule has 11 nitrogen and oxygen atoms in total. The molecule has 4 N–H and O–H groups in total. The molecule has 5 amide bonds. The molecule has 3 atom stereocenters. The van der Waals surface area contributed by atoms with Gasteiger partial charge < -0.3 is 40.3 Å². The van der Waals surface area contributed by atoms with E-state index in [1.807, 2.05) is 20.8 Å². The van der Waals surface area contributed by atoms with Crippen molar-refractivity contribution in [1.29, 1.82) is 0 Å². The van der Waals surface area contributed by atoms with Gasteiger partial charge in [0.25, 0.3) is 0 Å². The van der Waals surface area contributed by atoms with Crippen molar-refractivity contribution in [3.05, 3.63) is 48.0 Å². The van der Waals surface area contributed by atoms with Gasteiger partial charge in [-0.2, -0.15) is 0 Å². The Labute approximate surface area is 235 Å². The molecular weight excluding hydrogens is 514 g/mol. The van der Waals surface area contributed by atoms with Gasteiger partial charge in [-0.3, -0.25) is 4.79 Å². The summed E-state index contributed by atoms with van der Waals surface area (Å²) in [6.07, 6.45) is -0.406. The van der Waals surface area contributed by atoms with Crippen LogP contribution in [0.3, 0.4) is 0 Å². The predicted molar refractivity (Wildman–Crippen MR) is 154 cm³/mol. The van der Waals surface area contributed by atoms with E-state index < -0.39 is 18.2 Å². The first kappa shape index (κ1) is 30.6. The molecule has 0 unspecified atom stereocenters. The molecule has 0 bridgehead atoms. The zero-order valence-electron chi connectivity index (χ0n) is 24.1. The number of ether oxygens (including phenoxy) is 2. The maximum absolute atomic E-state index is 13.4. The molecule has 2 aromatic carbocycles. The molecule has 0 saturated heterocycles. The highest BCUT2D eigenvalue weighted by atomic mass is 16.5. The number of fused-ring (bicyclic) bond motifs is 1. The number of carbonyl (C=O) groups is 3. The fraction of sp³-hybridized carbons (Fsp3) is 0.483. The average molecular weight is 556 g/mol. The Morgan fingerprint density at radius 2 is 1.77 bits per heavy atom. The molecule has 11 heteroatoms. The number of likely N-dealkylation sites (N-methyl/N-ethyl adjacent to an activating group) is 1. The van der Waals surface area contributed by atoms with Gasteiger partial charge in [-0.1, -0.05) is 6.92 Å². The van der Waals surface area contributed by atoms with Gasteiger partial charge >= 0.3 is 12.1 Å². The molecule has 0 aliphatic carbocycles. The van der Waals surface area contributed by atoms with E-state index in [2.05, 4.69) is 16.0 Å². The molecule has 1 aliphatic rings. The number of urea groups is 2. The molecule has 0 spiro atoms. The van der Waals surface area contributed by atoms with Gasteiger partial charge in [0, 0.05) is 42.5 Å². The van der Waals surface area contributed by atoms with Gasteiger partial charge in [0.2, 0.25) is 5.91 Å². The topological polar surface area (TPSA) is 132 Å². The molecule has 0 aromatic heterocycles. The number of rotatable bonds is 8. The number of hydrogen-bond acceptors (Lipinski definition) is 6. The molecular formula is C29H41N5O6. The van der Waals surface area contributed by atoms with E-state index in [1.165, 1.54) is 0 Å². The summed E-state index contributed by atoms with van der Waals surface area (Å²) in [6, 6.07) is 11.0. The first-order valence-electron chi connectivity index (χ1n) is 13.4. The van der Waals surface area contributed by atoms with Crippen LogP contribution >= 0.6 is 0 Å². The Hall–Kier alpha value is -3.99. The molecule has 0 saturated carbocycles. The molecule has 1 heterocycles. The van der Waals surface area contributed by atoms with E-state index >= 15 is 0 Å². The quantitative estimate of drug-likeness (QED) is 0.394. The van der Waals surface area contributed by atoms with Crippen molar-refractivity contribution < 1.29 is 29.0 Å². The van der Waals surface area contributed by atoms with Crippen LogP contribution in [0.15, 0.2) is 42.5 Å². The van der Waals surface area contributed by atoms with Crippen molar-refractivity contribution >= 4 is 29.3 Å². The van der Waals surface area contributed by atoms with Crippen molar-refractivity contribution in [2.45, 2.75) is 52.3 Å². The molecule has 1 aliphatic heterocycles. The summed E-state index contributed by atoms with van der Waals surface area (Å²) in [7, 11) is 3.27. The summed E-state index contributed by atoms with van der Waals surface area (Å²) in [5.74, 6) is 0.871. The van der Waals surface area contributed by atoms with E-state index in [0.717, 1.165) is 0 Å². The standard InChI is InChI=1S/C29H41N5O6/c1-18(2)30-29(38)33(5)16-26-19(3)15-34(20(4)17-35)27(36)14-21-13-23(9-12-25(21)40-26)32-28(37)31-22-7-10-24(39-6)11-8-22/h7-13,18-20,26,35H,14-17H2,1-6H3,(H,30,38)(H2,31,32,37)/t19-,20+,26+/m1/s1. The lowest BCUT2D eigenvalue weighted by Crippen LogP contribution is -2.49. The van der Waals surface area contributed by atoms with Gasteiger partial charge in [0.05, 0.1) is 32.7 Å². The third-order valence-corrected chi connectivity index (χ3v) is 6.73. The fourth-order valence-corrected chi connectivity index (χ4v) is 4.40. The Kier molecular flexibility index (Phi) is 10.6. The van der Waals surface area contributed by atoms with Crippen LogP contribution in [0.25, 0.3) is 0 Å². The van der Waals surface area contributed by atoms with Crippen LogP contribution in [0.5, 0.6) is 11.5 Å². The van der Waals surface area contributed by atoms with Crippen molar-refractivity contribution in [1.82, 2.24) is 15.1 Å². The Morgan fingerprint density at radius 1 is 1.12 bits per heavy atom. The van der Waals surface area contributed by atoms with Crippen molar-refractivity contribution in [3.63, 3.8) is 0 Å². The number of benzene rings is 2. The van der Waals surface area contributed by atoms with Crippen LogP contribution in [0, 0.1) is 5.92 Å². The van der Waals surface area contributed by atoms with Gasteiger partial charge in [-0.25, -0.2) is 9.59 Å². The van der Waals surface area contributed by atoms with E-state index in [4.69, 9.17) is 9.47 Å². The average Bonchev–Trinajstić information content (AvgIpc) is 2.95. The summed E-state index contributed by atoms with van der Waals surface area (Å²) in [5.41, 5.74) is 1.67. The van der Waals surface area contributed by atoms with Crippen LogP contribution in [0.1, 0.15) is 33.3 Å². The van der Waals surface area contributed by atoms with Gasteiger partial charge in [0.1, 0.15) is 17.6 Å². The Bertz CT molecular complexity index is 1170. The molecule has 40 heavy (non-hydrogen) atoms. The van der Waals surface area contributed by atoms with Crippen molar-refractivity contribution in [3.8, 4) is 11.5 Å². The molecule has 218 valence electrons. The number of aliphatic hydroxyl groups is 1. The van der Waals surface area contributed by atoms with Crippen LogP contribution in [-0.4, -0.2) is 84.9 Å². The van der Waals surface area contributed by atoms with Gasteiger partial charge in [-0.15, -0.1) is 0 Å². The summed E-state index contributed by atoms with van der Waals surface area (Å²) in [5, 5.41) is 18.3. The summed E-state index contributed by atoms with van der Waals surface area (Å²) >= 11 is 0. The van der Waals surface area contributed by atoms with E-state index in [-0.39, 0.29) is 36.9 Å². The minimum Gasteiger partial charge on any atom is -0.497 e. The summed E-state index contributed by atoms with van der Waals surface area (Å²) < 4.78 is 11.6. The lowest BCUT2D eigenvalue weighted by Gasteiger charge is -2.34. The number of nitrogens with one attached hydrogen (secondary N) is 3. The number of amides is 5. The molecule has 3 rings (SSSR count). The minimum atomic E-state index is -0.444. The first-order chi connectivity index (χ1) is 19.0. The summed E-state index contributed by atoms with van der Waals surface area (Å²) in [4.78, 5) is 41.9.